The van der Waals surface area contributed by atoms with E-state index in [-0.39, 0.29) is 11.4 Å². The zero-order valence-corrected chi connectivity index (χ0v) is 18.0. The first-order valence-corrected chi connectivity index (χ1v) is 9.81. The summed E-state index contributed by atoms with van der Waals surface area (Å²) < 4.78 is 39.3. The van der Waals surface area contributed by atoms with Gasteiger partial charge in [-0.2, -0.15) is 13.2 Å². The molecule has 11 heteroatoms. The van der Waals surface area contributed by atoms with Gasteiger partial charge in [0.1, 0.15) is 12.1 Å². The molecular weight excluding hydrogens is 441 g/mol. The van der Waals surface area contributed by atoms with Gasteiger partial charge in [-0.1, -0.05) is 29.8 Å². The summed E-state index contributed by atoms with van der Waals surface area (Å²) in [6.07, 6.45) is -4.69. The molecule has 0 bridgehead atoms. The van der Waals surface area contributed by atoms with Crippen LogP contribution in [0.25, 0.3) is 0 Å². The number of nitrogens with zero attached hydrogens (tertiary/aromatic N) is 1. The second-order valence-corrected chi connectivity index (χ2v) is 7.80. The van der Waals surface area contributed by atoms with Crippen LogP contribution in [0.15, 0.2) is 42.5 Å². The maximum Gasteiger partial charge on any atom is 0.416 e. The summed E-state index contributed by atoms with van der Waals surface area (Å²) in [5, 5.41) is 7.12. The normalized spacial score (nSPS) is 18.2. The van der Waals surface area contributed by atoms with E-state index in [1.54, 1.807) is 24.3 Å². The minimum Gasteiger partial charge on any atom is -0.325 e. The molecular formula is C22H21F3N4O4. The number of hydrogen-bond acceptors (Lipinski definition) is 4. The van der Waals surface area contributed by atoms with Crippen LogP contribution in [0, 0.1) is 6.92 Å². The summed E-state index contributed by atoms with van der Waals surface area (Å²) in [6, 6.07) is 8.50. The van der Waals surface area contributed by atoms with Gasteiger partial charge in [0, 0.05) is 6.92 Å². The van der Waals surface area contributed by atoms with Crippen LogP contribution in [0.5, 0.6) is 0 Å². The highest BCUT2D eigenvalue weighted by Gasteiger charge is 2.49. The number of amides is 5. The molecule has 0 radical (unpaired) electrons. The van der Waals surface area contributed by atoms with E-state index >= 15 is 0 Å². The van der Waals surface area contributed by atoms with Gasteiger partial charge in [-0.25, -0.2) is 4.79 Å². The minimum absolute atomic E-state index is 0.0643. The third-order valence-corrected chi connectivity index (χ3v) is 5.14. The van der Waals surface area contributed by atoms with E-state index in [9.17, 15) is 32.3 Å². The van der Waals surface area contributed by atoms with Gasteiger partial charge in [0.2, 0.25) is 11.8 Å². The quantitative estimate of drug-likeness (QED) is 0.592. The lowest BCUT2D eigenvalue weighted by Crippen LogP contribution is -2.42. The number of hydrogen-bond donors (Lipinski definition) is 3. The Bertz CT molecular complexity index is 1130. The van der Waals surface area contributed by atoms with Crippen molar-refractivity contribution in [3.63, 3.8) is 0 Å². The molecule has 1 saturated heterocycles. The Morgan fingerprint density at radius 3 is 2.24 bits per heavy atom. The number of rotatable bonds is 5. The Morgan fingerprint density at radius 1 is 1.03 bits per heavy atom. The van der Waals surface area contributed by atoms with Gasteiger partial charge in [0.15, 0.2) is 0 Å². The van der Waals surface area contributed by atoms with Crippen LogP contribution in [-0.2, 0) is 26.1 Å². The highest BCUT2D eigenvalue weighted by molar-refractivity contribution is 6.10. The van der Waals surface area contributed by atoms with Crippen LogP contribution in [0.1, 0.15) is 30.5 Å². The van der Waals surface area contributed by atoms with Crippen LogP contribution in [-0.4, -0.2) is 35.2 Å². The molecule has 5 amide bonds. The van der Waals surface area contributed by atoms with Crippen molar-refractivity contribution < 1.29 is 32.3 Å². The number of imide groups is 1. The number of benzene rings is 2. The van der Waals surface area contributed by atoms with Gasteiger partial charge >= 0.3 is 12.2 Å². The first-order valence-electron chi connectivity index (χ1n) is 9.81. The first-order chi connectivity index (χ1) is 15.3. The summed E-state index contributed by atoms with van der Waals surface area (Å²) in [7, 11) is 0. The Morgan fingerprint density at radius 2 is 1.67 bits per heavy atom. The molecule has 8 nitrogen and oxygen atoms in total. The Labute approximate surface area is 187 Å². The monoisotopic (exact) mass is 462 g/mol. The fourth-order valence-corrected chi connectivity index (χ4v) is 3.38. The van der Waals surface area contributed by atoms with E-state index in [1.807, 2.05) is 6.92 Å². The number of urea groups is 1. The van der Waals surface area contributed by atoms with Crippen LogP contribution in [0.2, 0.25) is 0 Å². The molecule has 174 valence electrons. The van der Waals surface area contributed by atoms with Crippen LogP contribution >= 0.6 is 0 Å². The molecule has 0 aromatic heterocycles. The second kappa shape index (κ2) is 8.57. The number of aryl methyl sites for hydroxylation is 1. The number of halogens is 3. The molecule has 1 aliphatic rings. The van der Waals surface area contributed by atoms with Crippen molar-refractivity contribution in [3.05, 3.63) is 59.2 Å². The summed E-state index contributed by atoms with van der Waals surface area (Å²) in [5.41, 5.74) is -1.37. The topological polar surface area (TPSA) is 108 Å². The number of carbonyl (C=O) groups excluding carboxylic acids is 4. The van der Waals surface area contributed by atoms with Gasteiger partial charge in [0.05, 0.1) is 16.9 Å². The summed E-state index contributed by atoms with van der Waals surface area (Å²) in [4.78, 5) is 50.0. The van der Waals surface area contributed by atoms with E-state index < -0.39 is 47.6 Å². The molecule has 2 aromatic carbocycles. The fourth-order valence-electron chi connectivity index (χ4n) is 3.38. The molecule has 0 aliphatic carbocycles. The molecule has 3 rings (SSSR count). The van der Waals surface area contributed by atoms with Crippen molar-refractivity contribution in [2.75, 3.05) is 17.2 Å². The van der Waals surface area contributed by atoms with Crippen LogP contribution in [0.4, 0.5) is 29.3 Å². The maximum atomic E-state index is 13.1. The maximum absolute atomic E-state index is 13.1. The highest BCUT2D eigenvalue weighted by atomic mass is 19.4. The average molecular weight is 462 g/mol. The zero-order valence-electron chi connectivity index (χ0n) is 18.0. The largest absolute Gasteiger partial charge is 0.416 e. The third-order valence-electron chi connectivity index (χ3n) is 5.14. The third kappa shape index (κ3) is 4.97. The summed E-state index contributed by atoms with van der Waals surface area (Å²) >= 11 is 0. The van der Waals surface area contributed by atoms with Crippen molar-refractivity contribution in [2.45, 2.75) is 32.5 Å². The number of nitrogens with one attached hydrogen (secondary N) is 3. The average Bonchev–Trinajstić information content (AvgIpc) is 2.92. The van der Waals surface area contributed by atoms with Gasteiger partial charge in [-0.05, 0) is 37.6 Å². The molecule has 1 atom stereocenters. The van der Waals surface area contributed by atoms with Crippen LogP contribution < -0.4 is 16.0 Å². The zero-order chi connectivity index (χ0) is 24.6. The molecule has 1 fully saturated rings. The standard InChI is InChI=1S/C22H21F3N4O4/c1-12-4-6-14(7-5-12)21(3)19(32)29(20(33)28-21)11-18(31)27-17-10-15(22(23,24)25)8-9-16(17)26-13(2)30/h4-10H,11H2,1-3H3,(H,26,30)(H,27,31)(H,28,33). The van der Waals surface area contributed by atoms with E-state index in [0.29, 0.717) is 16.5 Å². The molecule has 1 heterocycles. The Hall–Kier alpha value is -3.89. The van der Waals surface area contributed by atoms with Gasteiger partial charge in [-0.3, -0.25) is 19.3 Å². The van der Waals surface area contributed by atoms with Crippen molar-refractivity contribution in [3.8, 4) is 0 Å². The lowest BCUT2D eigenvalue weighted by molar-refractivity contribution is -0.137. The molecule has 33 heavy (non-hydrogen) atoms. The molecule has 1 unspecified atom stereocenters. The van der Waals surface area contributed by atoms with Crippen molar-refractivity contribution in [1.82, 2.24) is 10.2 Å². The van der Waals surface area contributed by atoms with Crippen LogP contribution in [0.3, 0.4) is 0 Å². The number of anilines is 2. The lowest BCUT2D eigenvalue weighted by atomic mass is 9.91. The number of carbonyl (C=O) groups is 4. The molecule has 0 saturated carbocycles. The minimum atomic E-state index is -4.69. The molecule has 1 aliphatic heterocycles. The molecule has 3 N–H and O–H groups in total. The molecule has 2 aromatic rings. The van der Waals surface area contributed by atoms with E-state index in [4.69, 9.17) is 0 Å². The van der Waals surface area contributed by atoms with E-state index in [2.05, 4.69) is 16.0 Å². The van der Waals surface area contributed by atoms with E-state index in [1.165, 1.54) is 6.92 Å². The lowest BCUT2D eigenvalue weighted by Gasteiger charge is -2.22. The van der Waals surface area contributed by atoms with Gasteiger partial charge in [0.25, 0.3) is 5.91 Å². The van der Waals surface area contributed by atoms with Gasteiger partial charge in [-0.15, -0.1) is 0 Å². The van der Waals surface area contributed by atoms with Crippen molar-refractivity contribution in [2.24, 2.45) is 0 Å². The summed E-state index contributed by atoms with van der Waals surface area (Å²) in [6.45, 7) is 3.78. The SMILES string of the molecule is CC(=O)Nc1ccc(C(F)(F)F)cc1NC(=O)CN1C(=O)NC(C)(c2ccc(C)cc2)C1=O. The first kappa shape index (κ1) is 23.8. The number of alkyl halides is 3. The smallest absolute Gasteiger partial charge is 0.325 e. The van der Waals surface area contributed by atoms with E-state index in [0.717, 1.165) is 24.6 Å². The van der Waals surface area contributed by atoms with Gasteiger partial charge < -0.3 is 16.0 Å². The Balaban J connectivity index is 1.82. The Kier molecular flexibility index (Phi) is 6.17. The fraction of sp³-hybridized carbons (Fsp3) is 0.273. The molecule has 0 spiro atoms. The highest BCUT2D eigenvalue weighted by Crippen LogP contribution is 2.34. The predicted molar refractivity (Wildman–Crippen MR) is 113 cm³/mol. The van der Waals surface area contributed by atoms with Crippen molar-refractivity contribution in [1.29, 1.82) is 0 Å². The predicted octanol–water partition coefficient (Wildman–Crippen LogP) is 3.38. The summed E-state index contributed by atoms with van der Waals surface area (Å²) in [5.74, 6) is -2.16. The second-order valence-electron chi connectivity index (χ2n) is 7.80. The van der Waals surface area contributed by atoms with Crippen molar-refractivity contribution >= 4 is 35.1 Å².